The van der Waals surface area contributed by atoms with Crippen LogP contribution in [0.2, 0.25) is 0 Å². The van der Waals surface area contributed by atoms with Gasteiger partial charge in [0, 0.05) is 16.2 Å². The van der Waals surface area contributed by atoms with E-state index in [1.807, 2.05) is 17.8 Å². The second-order valence-corrected chi connectivity index (χ2v) is 6.79. The van der Waals surface area contributed by atoms with Gasteiger partial charge >= 0.3 is 0 Å². The molecular weight excluding hydrogens is 281 g/mol. The predicted molar refractivity (Wildman–Crippen MR) is 87.3 cm³/mol. The average molecular weight is 301 g/mol. The highest BCUT2D eigenvalue weighted by Gasteiger charge is 2.30. The maximum Gasteiger partial charge on any atom is 0.123 e. The van der Waals surface area contributed by atoms with Crippen molar-refractivity contribution in [1.82, 2.24) is 5.32 Å². The zero-order valence-electron chi connectivity index (χ0n) is 12.4. The lowest BCUT2D eigenvalue weighted by molar-refractivity contribution is 0.524. The summed E-state index contributed by atoms with van der Waals surface area (Å²) in [5, 5.41) is 3.98. The number of hydrogen-bond acceptors (Lipinski definition) is 2. The van der Waals surface area contributed by atoms with E-state index in [1.165, 1.54) is 10.5 Å². The molecule has 0 amide bonds. The van der Waals surface area contributed by atoms with E-state index in [1.54, 1.807) is 12.1 Å². The number of benzene rings is 2. The van der Waals surface area contributed by atoms with Crippen LogP contribution in [0.5, 0.6) is 0 Å². The number of thioether (sulfide) groups is 1. The Morgan fingerprint density at radius 2 is 2.10 bits per heavy atom. The van der Waals surface area contributed by atoms with Crippen LogP contribution in [-0.4, -0.2) is 11.8 Å². The highest BCUT2D eigenvalue weighted by Crippen LogP contribution is 2.43. The van der Waals surface area contributed by atoms with E-state index >= 15 is 0 Å². The molecule has 2 unspecified atom stereocenters. The Labute approximate surface area is 130 Å². The number of hydrogen-bond donors (Lipinski definition) is 1. The van der Waals surface area contributed by atoms with Crippen LogP contribution in [0.3, 0.4) is 0 Å². The van der Waals surface area contributed by atoms with Crippen LogP contribution in [0.15, 0.2) is 47.4 Å². The van der Waals surface area contributed by atoms with E-state index in [9.17, 15) is 4.39 Å². The van der Waals surface area contributed by atoms with E-state index in [4.69, 9.17) is 0 Å². The first-order chi connectivity index (χ1) is 10.2. The normalized spacial score (nSPS) is 18.5. The third kappa shape index (κ3) is 2.99. The van der Waals surface area contributed by atoms with Gasteiger partial charge in [0.25, 0.3) is 0 Å². The van der Waals surface area contributed by atoms with E-state index in [0.717, 1.165) is 24.1 Å². The minimum Gasteiger partial charge on any atom is -0.309 e. The van der Waals surface area contributed by atoms with Crippen LogP contribution >= 0.6 is 11.8 Å². The van der Waals surface area contributed by atoms with Crippen molar-refractivity contribution < 1.29 is 4.39 Å². The van der Waals surface area contributed by atoms with Gasteiger partial charge in [0.15, 0.2) is 0 Å². The molecule has 21 heavy (non-hydrogen) atoms. The standard InChI is InChI=1S/C18H20FNS/c1-3-20-18(15-11-14(19)9-8-12(15)2)17-10-13-6-4-5-7-16(13)21-17/h4-9,11,17-18,20H,3,10H2,1-2H3. The molecule has 1 heterocycles. The van der Waals surface area contributed by atoms with Crippen molar-refractivity contribution in [2.24, 2.45) is 0 Å². The lowest BCUT2D eigenvalue weighted by atomic mass is 9.95. The Balaban J connectivity index is 1.91. The molecule has 0 fully saturated rings. The van der Waals surface area contributed by atoms with Crippen molar-refractivity contribution in [3.63, 3.8) is 0 Å². The summed E-state index contributed by atoms with van der Waals surface area (Å²) >= 11 is 1.91. The van der Waals surface area contributed by atoms with Gasteiger partial charge in [0.2, 0.25) is 0 Å². The second-order valence-electron chi connectivity index (χ2n) is 5.50. The largest absolute Gasteiger partial charge is 0.309 e. The van der Waals surface area contributed by atoms with Gasteiger partial charge in [0.05, 0.1) is 0 Å². The molecule has 0 radical (unpaired) electrons. The molecule has 1 nitrogen and oxygen atoms in total. The molecule has 2 aromatic rings. The Morgan fingerprint density at radius 1 is 1.29 bits per heavy atom. The summed E-state index contributed by atoms with van der Waals surface area (Å²) in [6, 6.07) is 13.8. The average Bonchev–Trinajstić information content (AvgIpc) is 2.91. The van der Waals surface area contributed by atoms with Crippen LogP contribution < -0.4 is 5.32 Å². The first-order valence-electron chi connectivity index (χ1n) is 7.43. The van der Waals surface area contributed by atoms with Gasteiger partial charge < -0.3 is 5.32 Å². The van der Waals surface area contributed by atoms with Gasteiger partial charge in [-0.15, -0.1) is 11.8 Å². The van der Waals surface area contributed by atoms with E-state index in [-0.39, 0.29) is 11.9 Å². The summed E-state index contributed by atoms with van der Waals surface area (Å²) in [7, 11) is 0. The number of fused-ring (bicyclic) bond motifs is 1. The summed E-state index contributed by atoms with van der Waals surface area (Å²) < 4.78 is 13.7. The lowest BCUT2D eigenvalue weighted by Gasteiger charge is -2.25. The Hall–Kier alpha value is -1.32. The molecule has 0 saturated carbocycles. The van der Waals surface area contributed by atoms with Gasteiger partial charge in [-0.2, -0.15) is 0 Å². The summed E-state index contributed by atoms with van der Waals surface area (Å²) in [6.07, 6.45) is 1.04. The van der Waals surface area contributed by atoms with Crippen LogP contribution in [0.25, 0.3) is 0 Å². The molecule has 0 aliphatic carbocycles. The summed E-state index contributed by atoms with van der Waals surface area (Å²) in [5.74, 6) is -0.154. The Morgan fingerprint density at radius 3 is 2.86 bits per heavy atom. The van der Waals surface area contributed by atoms with Crippen molar-refractivity contribution in [1.29, 1.82) is 0 Å². The molecule has 0 aromatic heterocycles. The molecular formula is C18H20FNS. The molecule has 3 heteroatoms. The fourth-order valence-electron chi connectivity index (χ4n) is 3.00. The van der Waals surface area contributed by atoms with Crippen LogP contribution in [-0.2, 0) is 6.42 Å². The minimum atomic E-state index is -0.154. The molecule has 110 valence electrons. The van der Waals surface area contributed by atoms with E-state index in [2.05, 4.69) is 43.4 Å². The highest BCUT2D eigenvalue weighted by molar-refractivity contribution is 8.00. The predicted octanol–water partition coefficient (Wildman–Crippen LogP) is 4.50. The summed E-state index contributed by atoms with van der Waals surface area (Å²) in [4.78, 5) is 1.36. The van der Waals surface area contributed by atoms with Gasteiger partial charge in [0.1, 0.15) is 5.82 Å². The topological polar surface area (TPSA) is 12.0 Å². The molecule has 1 N–H and O–H groups in total. The molecule has 0 bridgehead atoms. The fraction of sp³-hybridized carbons (Fsp3) is 0.333. The lowest BCUT2D eigenvalue weighted by Crippen LogP contribution is -2.30. The van der Waals surface area contributed by atoms with Crippen molar-refractivity contribution in [2.75, 3.05) is 6.54 Å². The van der Waals surface area contributed by atoms with Crippen LogP contribution in [0.1, 0.15) is 29.7 Å². The highest BCUT2D eigenvalue weighted by atomic mass is 32.2. The van der Waals surface area contributed by atoms with Crippen molar-refractivity contribution in [3.05, 3.63) is 65.0 Å². The first kappa shape index (κ1) is 14.6. The van der Waals surface area contributed by atoms with E-state index < -0.39 is 0 Å². The van der Waals surface area contributed by atoms with E-state index in [0.29, 0.717) is 5.25 Å². The molecule has 2 aromatic carbocycles. The summed E-state index contributed by atoms with van der Waals surface area (Å²) in [6.45, 7) is 5.05. The van der Waals surface area contributed by atoms with Gasteiger partial charge in [-0.3, -0.25) is 0 Å². The molecule has 3 rings (SSSR count). The van der Waals surface area contributed by atoms with Crippen LogP contribution in [0.4, 0.5) is 4.39 Å². The smallest absolute Gasteiger partial charge is 0.123 e. The maximum atomic E-state index is 13.7. The van der Waals surface area contributed by atoms with Crippen molar-refractivity contribution >= 4 is 11.8 Å². The second kappa shape index (κ2) is 6.20. The molecule has 1 aliphatic heterocycles. The first-order valence-corrected chi connectivity index (χ1v) is 8.31. The van der Waals surface area contributed by atoms with Crippen molar-refractivity contribution in [3.8, 4) is 0 Å². The number of aryl methyl sites for hydroxylation is 1. The van der Waals surface area contributed by atoms with Gasteiger partial charge in [-0.25, -0.2) is 4.39 Å². The van der Waals surface area contributed by atoms with Gasteiger partial charge in [-0.05, 0) is 54.8 Å². The molecule has 0 saturated heterocycles. The Kier molecular flexibility index (Phi) is 4.32. The van der Waals surface area contributed by atoms with Crippen LogP contribution in [0, 0.1) is 12.7 Å². The third-order valence-electron chi connectivity index (χ3n) is 4.04. The van der Waals surface area contributed by atoms with Crippen molar-refractivity contribution in [2.45, 2.75) is 36.5 Å². The Bertz CT molecular complexity index is 616. The molecule has 1 aliphatic rings. The molecule has 0 spiro atoms. The maximum absolute atomic E-state index is 13.7. The molecule has 2 atom stereocenters. The minimum absolute atomic E-state index is 0.154. The van der Waals surface area contributed by atoms with Gasteiger partial charge in [-0.1, -0.05) is 31.2 Å². The quantitative estimate of drug-likeness (QED) is 0.892. The summed E-state index contributed by atoms with van der Waals surface area (Å²) in [5.41, 5.74) is 3.64. The SMILES string of the molecule is CCNC(c1cc(F)ccc1C)C1Cc2ccccc2S1. The number of rotatable bonds is 4. The third-order valence-corrected chi connectivity index (χ3v) is 5.44. The fourth-order valence-corrected chi connectivity index (χ4v) is 4.43. The zero-order chi connectivity index (χ0) is 14.8. The number of halogens is 1. The zero-order valence-corrected chi connectivity index (χ0v) is 13.2. The monoisotopic (exact) mass is 301 g/mol. The number of nitrogens with one attached hydrogen (secondary N) is 1.